The summed E-state index contributed by atoms with van der Waals surface area (Å²) < 4.78 is -1.34. The van der Waals surface area contributed by atoms with Crippen LogP contribution in [0.4, 0.5) is 0 Å². The highest BCUT2D eigenvalue weighted by atomic mass is 35.6. The lowest BCUT2D eigenvalue weighted by molar-refractivity contribution is 0.0635. The van der Waals surface area contributed by atoms with Gasteiger partial charge in [-0.1, -0.05) is 111 Å². The molecule has 3 heteroatoms. The molecule has 0 N–H and O–H groups in total. The Morgan fingerprint density at radius 3 is 1.48 bits per heavy atom. The quantitative estimate of drug-likeness (QED) is 0.500. The number of halogens is 3. The SMILES string of the molecule is CC1C=CC=CC1(C)C(C(Cl)(Cl)Cl)C1(C)C=CC=CC1C. The molecular weight excluding hydrogens is 323 g/mol. The highest BCUT2D eigenvalue weighted by Crippen LogP contribution is 2.61. The van der Waals surface area contributed by atoms with Crippen LogP contribution < -0.4 is 0 Å². The second kappa shape index (κ2) is 5.80. The number of rotatable bonds is 2. The first-order chi connectivity index (χ1) is 9.62. The van der Waals surface area contributed by atoms with Crippen LogP contribution in [0.3, 0.4) is 0 Å². The third kappa shape index (κ3) is 3.00. The highest BCUT2D eigenvalue weighted by molar-refractivity contribution is 6.67. The van der Waals surface area contributed by atoms with Gasteiger partial charge in [0.2, 0.25) is 0 Å². The minimum Gasteiger partial charge on any atom is -0.0833 e. The Hall–Kier alpha value is -0.170. The molecule has 2 aliphatic rings. The maximum Gasteiger partial charge on any atom is 0.195 e. The van der Waals surface area contributed by atoms with Gasteiger partial charge in [0.05, 0.1) is 0 Å². The topological polar surface area (TPSA) is 0 Å². The Balaban J connectivity index is 2.55. The molecule has 0 amide bonds. The predicted octanol–water partition coefficient (Wildman–Crippen LogP) is 6.51. The van der Waals surface area contributed by atoms with E-state index < -0.39 is 3.79 Å². The van der Waals surface area contributed by atoms with Crippen molar-refractivity contribution >= 4 is 34.8 Å². The molecule has 0 saturated carbocycles. The maximum atomic E-state index is 6.49. The molecule has 4 atom stereocenters. The second-order valence-corrected chi connectivity index (χ2v) is 9.14. The van der Waals surface area contributed by atoms with Crippen LogP contribution in [-0.2, 0) is 0 Å². The predicted molar refractivity (Wildman–Crippen MR) is 94.9 cm³/mol. The zero-order chi connectivity index (χ0) is 15.9. The molecule has 0 aliphatic heterocycles. The molecule has 0 bridgehead atoms. The van der Waals surface area contributed by atoms with Crippen LogP contribution >= 0.6 is 34.8 Å². The first-order valence-corrected chi connectivity index (χ1v) is 8.54. The molecule has 0 spiro atoms. The molecule has 0 fully saturated rings. The fourth-order valence-electron chi connectivity index (χ4n) is 3.80. The second-order valence-electron chi connectivity index (χ2n) is 6.77. The standard InChI is InChI=1S/C18H23Cl3/c1-13-9-5-7-11-16(13,3)15(18(19,20)21)17(4)12-8-6-10-14(17)2/h5-15H,1-4H3. The van der Waals surface area contributed by atoms with Crippen molar-refractivity contribution in [1.29, 1.82) is 0 Å². The Morgan fingerprint density at radius 1 is 0.810 bits per heavy atom. The fourth-order valence-corrected chi connectivity index (χ4v) is 5.21. The van der Waals surface area contributed by atoms with E-state index in [9.17, 15) is 0 Å². The van der Waals surface area contributed by atoms with Gasteiger partial charge >= 0.3 is 0 Å². The van der Waals surface area contributed by atoms with Crippen molar-refractivity contribution in [2.75, 3.05) is 0 Å². The van der Waals surface area contributed by atoms with E-state index in [2.05, 4.69) is 76.3 Å². The molecule has 2 rings (SSSR count). The molecule has 0 heterocycles. The number of hydrogen-bond acceptors (Lipinski definition) is 0. The Labute approximate surface area is 143 Å². The third-order valence-electron chi connectivity index (χ3n) is 5.47. The molecule has 2 aliphatic carbocycles. The van der Waals surface area contributed by atoms with Crippen LogP contribution in [0.1, 0.15) is 27.7 Å². The van der Waals surface area contributed by atoms with Gasteiger partial charge in [0.25, 0.3) is 0 Å². The van der Waals surface area contributed by atoms with E-state index in [0.29, 0.717) is 11.8 Å². The maximum absolute atomic E-state index is 6.49. The molecule has 0 aromatic heterocycles. The van der Waals surface area contributed by atoms with Gasteiger partial charge in [-0.2, -0.15) is 0 Å². The number of hydrogen-bond donors (Lipinski definition) is 0. The van der Waals surface area contributed by atoms with Gasteiger partial charge in [-0.25, -0.2) is 0 Å². The lowest BCUT2D eigenvalue weighted by Crippen LogP contribution is -2.51. The van der Waals surface area contributed by atoms with Crippen LogP contribution in [0, 0.1) is 28.6 Å². The van der Waals surface area contributed by atoms with Crippen LogP contribution in [0.2, 0.25) is 0 Å². The smallest absolute Gasteiger partial charge is 0.0833 e. The molecule has 0 nitrogen and oxygen atoms in total. The summed E-state index contributed by atoms with van der Waals surface area (Å²) in [4.78, 5) is 0. The molecule has 21 heavy (non-hydrogen) atoms. The zero-order valence-electron chi connectivity index (χ0n) is 13.0. The van der Waals surface area contributed by atoms with E-state index in [1.807, 2.05) is 0 Å². The minimum absolute atomic E-state index is 0.130. The number of allylic oxidation sites excluding steroid dienone is 8. The minimum atomic E-state index is -1.34. The van der Waals surface area contributed by atoms with Gasteiger partial charge in [0, 0.05) is 5.92 Å². The van der Waals surface area contributed by atoms with E-state index in [1.165, 1.54) is 0 Å². The lowest BCUT2D eigenvalue weighted by atomic mass is 9.54. The van der Waals surface area contributed by atoms with Gasteiger partial charge < -0.3 is 0 Å². The molecule has 116 valence electrons. The zero-order valence-corrected chi connectivity index (χ0v) is 15.3. The average molecular weight is 346 g/mol. The first kappa shape index (κ1) is 17.2. The molecule has 0 aromatic rings. The Morgan fingerprint density at radius 2 is 1.19 bits per heavy atom. The van der Waals surface area contributed by atoms with Crippen LogP contribution in [-0.4, -0.2) is 3.79 Å². The van der Waals surface area contributed by atoms with Crippen LogP contribution in [0.25, 0.3) is 0 Å². The normalized spacial score (nSPS) is 40.5. The molecule has 0 aromatic carbocycles. The lowest BCUT2D eigenvalue weighted by Gasteiger charge is -2.53. The largest absolute Gasteiger partial charge is 0.195 e. The van der Waals surface area contributed by atoms with Crippen molar-refractivity contribution in [1.82, 2.24) is 0 Å². The van der Waals surface area contributed by atoms with Gasteiger partial charge in [0.15, 0.2) is 3.79 Å². The Kier molecular flexibility index (Phi) is 4.74. The molecular formula is C18H23Cl3. The van der Waals surface area contributed by atoms with Crippen molar-refractivity contribution < 1.29 is 0 Å². The van der Waals surface area contributed by atoms with Crippen molar-refractivity contribution in [2.45, 2.75) is 31.5 Å². The summed E-state index contributed by atoms with van der Waals surface area (Å²) in [5.41, 5.74) is -0.420. The first-order valence-electron chi connectivity index (χ1n) is 7.41. The van der Waals surface area contributed by atoms with E-state index in [-0.39, 0.29) is 16.7 Å². The van der Waals surface area contributed by atoms with Crippen molar-refractivity contribution in [3.8, 4) is 0 Å². The summed E-state index contributed by atoms with van der Waals surface area (Å²) in [5, 5.41) is 0. The van der Waals surface area contributed by atoms with Gasteiger partial charge in [0.1, 0.15) is 0 Å². The van der Waals surface area contributed by atoms with Gasteiger partial charge in [-0.05, 0) is 22.7 Å². The van der Waals surface area contributed by atoms with Gasteiger partial charge in [-0.3, -0.25) is 0 Å². The van der Waals surface area contributed by atoms with E-state index in [4.69, 9.17) is 34.8 Å². The summed E-state index contributed by atoms with van der Waals surface area (Å²) in [6.45, 7) is 8.79. The molecule has 4 unspecified atom stereocenters. The highest BCUT2D eigenvalue weighted by Gasteiger charge is 2.56. The summed E-state index contributed by atoms with van der Waals surface area (Å²) in [5.74, 6) is 0.493. The fraction of sp³-hybridized carbons (Fsp3) is 0.556. The van der Waals surface area contributed by atoms with E-state index in [0.717, 1.165) is 0 Å². The molecule has 0 saturated heterocycles. The monoisotopic (exact) mass is 344 g/mol. The summed E-state index contributed by atoms with van der Waals surface area (Å²) in [6.07, 6.45) is 17.1. The van der Waals surface area contributed by atoms with E-state index >= 15 is 0 Å². The summed E-state index contributed by atoms with van der Waals surface area (Å²) >= 11 is 19.5. The van der Waals surface area contributed by atoms with E-state index in [1.54, 1.807) is 0 Å². The molecule has 0 radical (unpaired) electrons. The van der Waals surface area contributed by atoms with Crippen molar-refractivity contribution in [3.05, 3.63) is 48.6 Å². The third-order valence-corrected chi connectivity index (χ3v) is 6.12. The number of alkyl halides is 3. The summed E-state index contributed by atoms with van der Waals surface area (Å²) in [6, 6.07) is 0. The van der Waals surface area contributed by atoms with Crippen molar-refractivity contribution in [3.63, 3.8) is 0 Å². The van der Waals surface area contributed by atoms with Crippen LogP contribution in [0.15, 0.2) is 48.6 Å². The average Bonchev–Trinajstić information content (AvgIpc) is 2.35. The van der Waals surface area contributed by atoms with Gasteiger partial charge in [-0.15, -0.1) is 0 Å². The summed E-state index contributed by atoms with van der Waals surface area (Å²) in [7, 11) is 0. The Bertz CT molecular complexity index is 469. The van der Waals surface area contributed by atoms with Crippen LogP contribution in [0.5, 0.6) is 0 Å². The van der Waals surface area contributed by atoms with Crippen molar-refractivity contribution in [2.24, 2.45) is 28.6 Å².